The van der Waals surface area contributed by atoms with E-state index in [1.807, 2.05) is 6.07 Å². The van der Waals surface area contributed by atoms with Crippen molar-refractivity contribution in [3.8, 4) is 11.5 Å². The summed E-state index contributed by atoms with van der Waals surface area (Å²) in [7, 11) is 4.31. The maximum Gasteiger partial charge on any atom is 0.231 e. The second-order valence-corrected chi connectivity index (χ2v) is 7.28. The normalized spacial score (nSPS) is 26.3. The largest absolute Gasteiger partial charge is 0.454 e. The number of benzene rings is 1. The fraction of sp³-hybridized carbons (Fsp3) is 0.667. The molecule has 0 aromatic heterocycles. The number of rotatable bonds is 3. The summed E-state index contributed by atoms with van der Waals surface area (Å²) in [5.41, 5.74) is 1.42. The van der Waals surface area contributed by atoms with Gasteiger partial charge in [0.15, 0.2) is 11.5 Å². The fourth-order valence-corrected chi connectivity index (χ4v) is 3.92. The highest BCUT2D eigenvalue weighted by Crippen LogP contribution is 2.38. The van der Waals surface area contributed by atoms with Crippen molar-refractivity contribution < 1.29 is 14.2 Å². The molecule has 5 nitrogen and oxygen atoms in total. The average molecular weight is 318 g/mol. The Morgan fingerprint density at radius 2 is 1.96 bits per heavy atom. The van der Waals surface area contributed by atoms with E-state index in [9.17, 15) is 0 Å². The number of fused-ring (bicyclic) bond motifs is 1. The Kier molecular flexibility index (Phi) is 3.95. The monoisotopic (exact) mass is 318 g/mol. The van der Waals surface area contributed by atoms with Crippen LogP contribution in [0.15, 0.2) is 18.2 Å². The predicted octanol–water partition coefficient (Wildman–Crippen LogP) is 2.10. The highest BCUT2D eigenvalue weighted by molar-refractivity contribution is 5.44. The molecule has 0 unspecified atom stereocenters. The van der Waals surface area contributed by atoms with E-state index in [1.165, 1.54) is 12.0 Å². The zero-order valence-electron chi connectivity index (χ0n) is 14.1. The van der Waals surface area contributed by atoms with E-state index in [4.69, 9.17) is 14.2 Å². The maximum atomic E-state index is 6.21. The van der Waals surface area contributed by atoms with Crippen LogP contribution in [-0.4, -0.2) is 62.0 Å². The molecule has 4 rings (SSSR count). The first-order valence-corrected chi connectivity index (χ1v) is 8.55. The summed E-state index contributed by atoms with van der Waals surface area (Å²) in [6.07, 6.45) is 3.46. The van der Waals surface area contributed by atoms with Gasteiger partial charge < -0.3 is 19.1 Å². The zero-order valence-corrected chi connectivity index (χ0v) is 14.1. The molecular weight excluding hydrogens is 292 g/mol. The summed E-state index contributed by atoms with van der Waals surface area (Å²) < 4.78 is 17.1. The van der Waals surface area contributed by atoms with Crippen LogP contribution in [0.2, 0.25) is 0 Å². The van der Waals surface area contributed by atoms with Crippen LogP contribution in [0.3, 0.4) is 0 Å². The molecule has 5 heteroatoms. The Balaban J connectivity index is 1.33. The standard InChI is InChI=1S/C18H26N2O3/c1-19(2)15-10-18(23-12-15)5-7-20(8-6-18)11-14-3-4-16-17(9-14)22-13-21-16/h3-4,9,15H,5-8,10-13H2,1-2H3/t15-/m0/s1. The predicted molar refractivity (Wildman–Crippen MR) is 87.9 cm³/mol. The van der Waals surface area contributed by atoms with Crippen molar-refractivity contribution in [1.29, 1.82) is 0 Å². The smallest absolute Gasteiger partial charge is 0.231 e. The van der Waals surface area contributed by atoms with Gasteiger partial charge in [0.1, 0.15) is 0 Å². The fourth-order valence-electron chi connectivity index (χ4n) is 3.92. The number of piperidine rings is 1. The van der Waals surface area contributed by atoms with E-state index >= 15 is 0 Å². The van der Waals surface area contributed by atoms with Crippen molar-refractivity contribution in [2.24, 2.45) is 0 Å². The van der Waals surface area contributed by atoms with Gasteiger partial charge in [0, 0.05) is 25.7 Å². The summed E-state index contributed by atoms with van der Waals surface area (Å²) in [6.45, 7) is 4.41. The molecule has 3 heterocycles. The van der Waals surface area contributed by atoms with Crippen LogP contribution in [0.25, 0.3) is 0 Å². The van der Waals surface area contributed by atoms with Crippen LogP contribution in [0.5, 0.6) is 11.5 Å². The Hall–Kier alpha value is -1.30. The minimum atomic E-state index is 0.125. The second kappa shape index (κ2) is 5.96. The van der Waals surface area contributed by atoms with Crippen LogP contribution >= 0.6 is 0 Å². The third-order valence-electron chi connectivity index (χ3n) is 5.53. The van der Waals surface area contributed by atoms with Gasteiger partial charge in [0.25, 0.3) is 0 Å². The van der Waals surface area contributed by atoms with Crippen LogP contribution in [0.4, 0.5) is 0 Å². The van der Waals surface area contributed by atoms with Gasteiger partial charge in [-0.3, -0.25) is 4.90 Å². The van der Waals surface area contributed by atoms with E-state index in [1.54, 1.807) is 0 Å². The number of nitrogens with zero attached hydrogens (tertiary/aromatic N) is 2. The number of ether oxygens (including phenoxy) is 3. The topological polar surface area (TPSA) is 34.2 Å². The van der Waals surface area contributed by atoms with Crippen LogP contribution in [-0.2, 0) is 11.3 Å². The lowest BCUT2D eigenvalue weighted by Crippen LogP contribution is -2.44. The van der Waals surface area contributed by atoms with E-state index in [2.05, 4.69) is 36.0 Å². The third kappa shape index (κ3) is 3.05. The Morgan fingerprint density at radius 1 is 1.17 bits per heavy atom. The number of likely N-dealkylation sites (tertiary alicyclic amines) is 1. The van der Waals surface area contributed by atoms with Crippen molar-refractivity contribution in [3.63, 3.8) is 0 Å². The molecule has 126 valence electrons. The van der Waals surface area contributed by atoms with Crippen molar-refractivity contribution in [1.82, 2.24) is 9.80 Å². The minimum Gasteiger partial charge on any atom is -0.454 e. The lowest BCUT2D eigenvalue weighted by atomic mass is 9.87. The summed E-state index contributed by atoms with van der Waals surface area (Å²) in [5, 5.41) is 0. The van der Waals surface area contributed by atoms with Crippen molar-refractivity contribution in [3.05, 3.63) is 23.8 Å². The zero-order chi connectivity index (χ0) is 15.9. The lowest BCUT2D eigenvalue weighted by Gasteiger charge is -2.39. The molecule has 1 spiro atoms. The first-order chi connectivity index (χ1) is 11.1. The molecule has 0 saturated carbocycles. The van der Waals surface area contributed by atoms with E-state index in [0.717, 1.165) is 50.6 Å². The minimum absolute atomic E-state index is 0.125. The maximum absolute atomic E-state index is 6.21. The van der Waals surface area contributed by atoms with Gasteiger partial charge in [-0.1, -0.05) is 6.07 Å². The molecular formula is C18H26N2O3. The van der Waals surface area contributed by atoms with Gasteiger partial charge in [-0.2, -0.15) is 0 Å². The van der Waals surface area contributed by atoms with Crippen LogP contribution in [0.1, 0.15) is 24.8 Å². The van der Waals surface area contributed by atoms with Crippen molar-refractivity contribution in [2.75, 3.05) is 40.6 Å². The summed E-state index contributed by atoms with van der Waals surface area (Å²) >= 11 is 0. The number of likely N-dealkylation sites (N-methyl/N-ethyl adjacent to an activating group) is 1. The summed E-state index contributed by atoms with van der Waals surface area (Å²) in [5.74, 6) is 1.74. The Bertz CT molecular complexity index is 567. The van der Waals surface area contributed by atoms with E-state index < -0.39 is 0 Å². The molecule has 2 saturated heterocycles. The first kappa shape index (κ1) is 15.2. The molecule has 1 aromatic carbocycles. The molecule has 1 atom stereocenters. The van der Waals surface area contributed by atoms with E-state index in [0.29, 0.717) is 12.8 Å². The molecule has 0 bridgehead atoms. The molecule has 3 aliphatic heterocycles. The van der Waals surface area contributed by atoms with Crippen LogP contribution < -0.4 is 9.47 Å². The number of hydrogen-bond acceptors (Lipinski definition) is 5. The molecule has 0 aliphatic carbocycles. The van der Waals surface area contributed by atoms with Gasteiger partial charge in [-0.25, -0.2) is 0 Å². The van der Waals surface area contributed by atoms with Gasteiger partial charge in [0.2, 0.25) is 6.79 Å². The summed E-state index contributed by atoms with van der Waals surface area (Å²) in [4.78, 5) is 4.82. The molecule has 0 N–H and O–H groups in total. The Labute approximate surface area is 138 Å². The molecule has 3 aliphatic rings. The number of hydrogen-bond donors (Lipinski definition) is 0. The summed E-state index contributed by atoms with van der Waals surface area (Å²) in [6, 6.07) is 6.85. The SMILES string of the molecule is CN(C)[C@@H]1COC2(CCN(Cc3ccc4c(c3)OCO4)CC2)C1. The molecule has 23 heavy (non-hydrogen) atoms. The quantitative estimate of drug-likeness (QED) is 0.853. The van der Waals surface area contributed by atoms with Gasteiger partial charge in [-0.15, -0.1) is 0 Å². The first-order valence-electron chi connectivity index (χ1n) is 8.55. The third-order valence-corrected chi connectivity index (χ3v) is 5.53. The second-order valence-electron chi connectivity index (χ2n) is 7.28. The lowest BCUT2D eigenvalue weighted by molar-refractivity contribution is -0.0451. The van der Waals surface area contributed by atoms with Crippen molar-refractivity contribution in [2.45, 2.75) is 37.5 Å². The average Bonchev–Trinajstić information content (AvgIpc) is 3.17. The van der Waals surface area contributed by atoms with Crippen molar-refractivity contribution >= 4 is 0 Å². The molecule has 1 aromatic rings. The van der Waals surface area contributed by atoms with Gasteiger partial charge >= 0.3 is 0 Å². The molecule has 2 fully saturated rings. The van der Waals surface area contributed by atoms with E-state index in [-0.39, 0.29) is 5.60 Å². The molecule has 0 radical (unpaired) electrons. The van der Waals surface area contributed by atoms with Gasteiger partial charge in [-0.05, 0) is 51.1 Å². The highest BCUT2D eigenvalue weighted by atomic mass is 16.7. The highest BCUT2D eigenvalue weighted by Gasteiger charge is 2.43. The van der Waals surface area contributed by atoms with Crippen LogP contribution in [0, 0.1) is 0 Å². The van der Waals surface area contributed by atoms with Gasteiger partial charge in [0.05, 0.1) is 12.2 Å². The molecule has 0 amide bonds. The Morgan fingerprint density at radius 3 is 2.70 bits per heavy atom.